The molecule has 0 spiro atoms. The normalized spacial score (nSPS) is 19.8. The molecule has 3 rings (SSSR count). The molecule has 1 saturated carbocycles. The summed E-state index contributed by atoms with van der Waals surface area (Å²) in [5.41, 5.74) is 2.71. The molecule has 0 aromatic carbocycles. The van der Waals surface area contributed by atoms with Crippen LogP contribution < -0.4 is 4.90 Å². The largest absolute Gasteiger partial charge is 0.356 e. The Morgan fingerprint density at radius 2 is 2.00 bits per heavy atom. The minimum atomic E-state index is 0.742. The van der Waals surface area contributed by atoms with Crippen LogP contribution in [-0.4, -0.2) is 23.1 Å². The zero-order valence-corrected chi connectivity index (χ0v) is 9.24. The average Bonchev–Trinajstić information content (AvgIpc) is 3.11. The standard InChI is InChI=1S/C12H17N3/c1-15(9-6-7-9)12-10-4-2-3-5-11(10)13-8-14-12/h8-9H,2-7H2,1H3. The highest BCUT2D eigenvalue weighted by Crippen LogP contribution is 2.33. The van der Waals surface area contributed by atoms with Crippen molar-refractivity contribution in [3.63, 3.8) is 0 Å². The van der Waals surface area contributed by atoms with E-state index in [2.05, 4.69) is 21.9 Å². The van der Waals surface area contributed by atoms with E-state index in [1.807, 2.05) is 0 Å². The predicted molar refractivity (Wildman–Crippen MR) is 60.1 cm³/mol. The number of hydrogen-bond donors (Lipinski definition) is 0. The van der Waals surface area contributed by atoms with Gasteiger partial charge in [0.25, 0.3) is 0 Å². The zero-order chi connectivity index (χ0) is 10.3. The molecule has 0 aliphatic heterocycles. The van der Waals surface area contributed by atoms with Gasteiger partial charge in [0, 0.05) is 24.3 Å². The quantitative estimate of drug-likeness (QED) is 0.735. The van der Waals surface area contributed by atoms with Gasteiger partial charge in [-0.3, -0.25) is 0 Å². The van der Waals surface area contributed by atoms with Crippen molar-refractivity contribution >= 4 is 5.82 Å². The number of aromatic nitrogens is 2. The molecule has 0 radical (unpaired) electrons. The molecule has 2 aliphatic rings. The number of nitrogens with zero attached hydrogens (tertiary/aromatic N) is 3. The lowest BCUT2D eigenvalue weighted by atomic mass is 9.96. The van der Waals surface area contributed by atoms with Crippen molar-refractivity contribution in [2.75, 3.05) is 11.9 Å². The summed E-state index contributed by atoms with van der Waals surface area (Å²) in [4.78, 5) is 11.2. The molecule has 0 amide bonds. The lowest BCUT2D eigenvalue weighted by molar-refractivity contribution is 0.657. The molecule has 1 fully saturated rings. The van der Waals surface area contributed by atoms with Crippen LogP contribution in [0.3, 0.4) is 0 Å². The Kier molecular flexibility index (Phi) is 2.11. The molecule has 2 aliphatic carbocycles. The van der Waals surface area contributed by atoms with Gasteiger partial charge in [0.05, 0.1) is 0 Å². The Balaban J connectivity index is 1.98. The second-order valence-electron chi connectivity index (χ2n) is 4.67. The van der Waals surface area contributed by atoms with E-state index in [9.17, 15) is 0 Å². The second-order valence-corrected chi connectivity index (χ2v) is 4.67. The lowest BCUT2D eigenvalue weighted by Crippen LogP contribution is -2.24. The van der Waals surface area contributed by atoms with E-state index in [0.717, 1.165) is 12.5 Å². The van der Waals surface area contributed by atoms with Crippen LogP contribution in [0.1, 0.15) is 36.9 Å². The summed E-state index contributed by atoms with van der Waals surface area (Å²) in [7, 11) is 2.18. The van der Waals surface area contributed by atoms with Crippen LogP contribution in [0.2, 0.25) is 0 Å². The minimum Gasteiger partial charge on any atom is -0.356 e. The Morgan fingerprint density at radius 1 is 1.20 bits per heavy atom. The van der Waals surface area contributed by atoms with E-state index in [0.29, 0.717) is 0 Å². The van der Waals surface area contributed by atoms with Gasteiger partial charge in [-0.05, 0) is 38.5 Å². The summed E-state index contributed by atoms with van der Waals surface area (Å²) in [6, 6.07) is 0.742. The average molecular weight is 203 g/mol. The van der Waals surface area contributed by atoms with Crippen LogP contribution in [0.5, 0.6) is 0 Å². The highest BCUT2D eigenvalue weighted by atomic mass is 15.2. The smallest absolute Gasteiger partial charge is 0.135 e. The Morgan fingerprint density at radius 3 is 2.80 bits per heavy atom. The Hall–Kier alpha value is -1.12. The Bertz CT molecular complexity index is 371. The van der Waals surface area contributed by atoms with E-state index in [1.165, 1.54) is 49.2 Å². The minimum absolute atomic E-state index is 0.742. The van der Waals surface area contributed by atoms with Gasteiger partial charge in [-0.25, -0.2) is 9.97 Å². The molecule has 0 unspecified atom stereocenters. The fourth-order valence-corrected chi connectivity index (χ4v) is 2.44. The molecule has 1 aromatic rings. The summed E-state index contributed by atoms with van der Waals surface area (Å²) in [5.74, 6) is 1.20. The molecule has 3 nitrogen and oxygen atoms in total. The number of aryl methyl sites for hydroxylation is 1. The van der Waals surface area contributed by atoms with Crippen molar-refractivity contribution in [2.24, 2.45) is 0 Å². The van der Waals surface area contributed by atoms with Crippen molar-refractivity contribution in [2.45, 2.75) is 44.6 Å². The third-order valence-corrected chi connectivity index (χ3v) is 3.53. The van der Waals surface area contributed by atoms with Crippen LogP contribution in [0, 0.1) is 0 Å². The maximum atomic E-state index is 4.47. The van der Waals surface area contributed by atoms with Gasteiger partial charge in [-0.1, -0.05) is 0 Å². The molecular formula is C12H17N3. The molecule has 1 aromatic heterocycles. The Labute approximate surface area is 90.5 Å². The number of anilines is 1. The van der Waals surface area contributed by atoms with Crippen molar-refractivity contribution in [1.82, 2.24) is 9.97 Å². The van der Waals surface area contributed by atoms with Crippen molar-refractivity contribution in [3.05, 3.63) is 17.6 Å². The van der Waals surface area contributed by atoms with E-state index in [4.69, 9.17) is 0 Å². The first-order valence-corrected chi connectivity index (χ1v) is 5.92. The maximum Gasteiger partial charge on any atom is 0.135 e. The van der Waals surface area contributed by atoms with E-state index in [-0.39, 0.29) is 0 Å². The first kappa shape index (κ1) is 9.13. The van der Waals surface area contributed by atoms with Gasteiger partial charge in [0.15, 0.2) is 0 Å². The van der Waals surface area contributed by atoms with E-state index >= 15 is 0 Å². The number of rotatable bonds is 2. The monoisotopic (exact) mass is 203 g/mol. The van der Waals surface area contributed by atoms with E-state index < -0.39 is 0 Å². The molecule has 0 atom stereocenters. The van der Waals surface area contributed by atoms with Crippen molar-refractivity contribution in [3.8, 4) is 0 Å². The van der Waals surface area contributed by atoms with Gasteiger partial charge < -0.3 is 4.90 Å². The fraction of sp³-hybridized carbons (Fsp3) is 0.667. The SMILES string of the molecule is CN(c1ncnc2c1CCCC2)C1CC1. The van der Waals surface area contributed by atoms with Crippen LogP contribution in [-0.2, 0) is 12.8 Å². The summed E-state index contributed by atoms with van der Waals surface area (Å²) in [6.45, 7) is 0. The highest BCUT2D eigenvalue weighted by molar-refractivity contribution is 5.50. The van der Waals surface area contributed by atoms with Gasteiger partial charge >= 0.3 is 0 Å². The molecule has 1 heterocycles. The van der Waals surface area contributed by atoms with Crippen LogP contribution in [0.4, 0.5) is 5.82 Å². The third-order valence-electron chi connectivity index (χ3n) is 3.53. The summed E-state index contributed by atoms with van der Waals surface area (Å²) >= 11 is 0. The van der Waals surface area contributed by atoms with Crippen molar-refractivity contribution < 1.29 is 0 Å². The fourth-order valence-electron chi connectivity index (χ4n) is 2.44. The van der Waals surface area contributed by atoms with Gasteiger partial charge in [-0.2, -0.15) is 0 Å². The maximum absolute atomic E-state index is 4.47. The molecule has 3 heteroatoms. The van der Waals surface area contributed by atoms with E-state index in [1.54, 1.807) is 6.33 Å². The molecule has 15 heavy (non-hydrogen) atoms. The van der Waals surface area contributed by atoms with Gasteiger partial charge in [-0.15, -0.1) is 0 Å². The van der Waals surface area contributed by atoms with Gasteiger partial charge in [0.2, 0.25) is 0 Å². The zero-order valence-electron chi connectivity index (χ0n) is 9.24. The van der Waals surface area contributed by atoms with Crippen molar-refractivity contribution in [1.29, 1.82) is 0 Å². The summed E-state index contributed by atoms with van der Waals surface area (Å²) in [5, 5.41) is 0. The molecule has 80 valence electrons. The van der Waals surface area contributed by atoms with Crippen LogP contribution in [0.25, 0.3) is 0 Å². The topological polar surface area (TPSA) is 29.0 Å². The van der Waals surface area contributed by atoms with Crippen LogP contribution >= 0.6 is 0 Å². The molecule has 0 bridgehead atoms. The molecular weight excluding hydrogens is 186 g/mol. The molecule has 0 N–H and O–H groups in total. The third kappa shape index (κ3) is 1.60. The summed E-state index contributed by atoms with van der Waals surface area (Å²) in [6.07, 6.45) is 9.29. The second kappa shape index (κ2) is 3.47. The highest BCUT2D eigenvalue weighted by Gasteiger charge is 2.29. The van der Waals surface area contributed by atoms with Gasteiger partial charge in [0.1, 0.15) is 12.1 Å². The van der Waals surface area contributed by atoms with Crippen LogP contribution in [0.15, 0.2) is 6.33 Å². The number of fused-ring (bicyclic) bond motifs is 1. The first-order valence-electron chi connectivity index (χ1n) is 5.92. The lowest BCUT2D eigenvalue weighted by Gasteiger charge is -2.24. The first-order chi connectivity index (χ1) is 7.36. The predicted octanol–water partition coefficient (Wildman–Crippen LogP) is 1.95. The summed E-state index contributed by atoms with van der Waals surface area (Å²) < 4.78 is 0. The number of hydrogen-bond acceptors (Lipinski definition) is 3. The molecule has 0 saturated heterocycles.